The van der Waals surface area contributed by atoms with Crippen molar-refractivity contribution in [2.45, 2.75) is 26.8 Å². The van der Waals surface area contributed by atoms with Crippen molar-refractivity contribution < 1.29 is 18.7 Å². The Hall–Kier alpha value is -3.35. The summed E-state index contributed by atoms with van der Waals surface area (Å²) < 4.78 is 18.7. The number of urea groups is 1. The minimum Gasteiger partial charge on any atom is -0.466 e. The van der Waals surface area contributed by atoms with Crippen LogP contribution in [0.2, 0.25) is 0 Å². The number of hydrogen-bond donors (Lipinski definition) is 2. The van der Waals surface area contributed by atoms with Gasteiger partial charge in [0.05, 0.1) is 12.5 Å². The molecule has 0 aliphatic heterocycles. The Morgan fingerprint density at radius 1 is 1.13 bits per heavy atom. The zero-order valence-corrected chi connectivity index (χ0v) is 17.9. The summed E-state index contributed by atoms with van der Waals surface area (Å²) in [5.74, 6) is -1.26. The number of benzene rings is 2. The minimum absolute atomic E-state index is 0.146. The maximum absolute atomic E-state index is 13.5. The Labute approximate surface area is 181 Å². The van der Waals surface area contributed by atoms with Crippen LogP contribution < -0.4 is 5.32 Å². The molecule has 0 aliphatic carbocycles. The van der Waals surface area contributed by atoms with E-state index in [1.54, 1.807) is 17.9 Å². The fraction of sp³-hybridized carbons (Fsp3) is 0.333. The predicted molar refractivity (Wildman–Crippen MR) is 118 cm³/mol. The van der Waals surface area contributed by atoms with Gasteiger partial charge < -0.3 is 19.9 Å². The van der Waals surface area contributed by atoms with Gasteiger partial charge in [0.25, 0.3) is 0 Å². The molecule has 1 aromatic heterocycles. The topological polar surface area (TPSA) is 74.4 Å². The summed E-state index contributed by atoms with van der Waals surface area (Å²) in [6.45, 7) is 5.09. The van der Waals surface area contributed by atoms with Crippen LogP contribution in [0.15, 0.2) is 54.6 Å². The van der Waals surface area contributed by atoms with E-state index >= 15 is 0 Å². The third-order valence-electron chi connectivity index (χ3n) is 5.11. The van der Waals surface area contributed by atoms with Crippen LogP contribution in [0, 0.1) is 11.7 Å². The lowest BCUT2D eigenvalue weighted by Gasteiger charge is -2.23. The summed E-state index contributed by atoms with van der Waals surface area (Å²) in [6, 6.07) is 15.9. The molecule has 1 unspecified atom stereocenters. The van der Waals surface area contributed by atoms with Crippen LogP contribution in [-0.2, 0) is 22.5 Å². The summed E-state index contributed by atoms with van der Waals surface area (Å²) in [5, 5.41) is 3.73. The number of amides is 2. The first kappa shape index (κ1) is 22.3. The molecule has 2 amide bonds. The number of carbonyl (C=O) groups is 2. The van der Waals surface area contributed by atoms with Crippen molar-refractivity contribution in [3.63, 3.8) is 0 Å². The van der Waals surface area contributed by atoms with Gasteiger partial charge in [0.15, 0.2) is 0 Å². The van der Waals surface area contributed by atoms with Crippen LogP contribution in [0.3, 0.4) is 0 Å². The van der Waals surface area contributed by atoms with Crippen LogP contribution in [-0.4, -0.2) is 41.6 Å². The molecule has 0 fully saturated rings. The fourth-order valence-corrected chi connectivity index (χ4v) is 3.49. The SMILES string of the molecule is CCOC(=O)C(CNC(=O)N(CC)Cc1ccccc1)Cc1cc2ccc(F)cc2[nH]1. The third kappa shape index (κ3) is 6.07. The van der Waals surface area contributed by atoms with E-state index in [1.165, 1.54) is 12.1 Å². The lowest BCUT2D eigenvalue weighted by molar-refractivity contribution is -0.147. The van der Waals surface area contributed by atoms with Crippen LogP contribution in [0.25, 0.3) is 10.9 Å². The Morgan fingerprint density at radius 2 is 1.90 bits per heavy atom. The van der Waals surface area contributed by atoms with E-state index in [1.807, 2.05) is 43.3 Å². The zero-order valence-electron chi connectivity index (χ0n) is 17.9. The summed E-state index contributed by atoms with van der Waals surface area (Å²) >= 11 is 0. The standard InChI is InChI=1S/C24H28FN3O3/c1-3-28(16-17-8-6-5-7-9-17)24(30)26-15-19(23(29)31-4-2)13-21-12-18-10-11-20(25)14-22(18)27-21/h5-12,14,19,27H,3-4,13,15-16H2,1-2H3,(H,26,30). The molecule has 1 atom stereocenters. The smallest absolute Gasteiger partial charge is 0.317 e. The maximum Gasteiger partial charge on any atom is 0.317 e. The molecule has 0 saturated carbocycles. The van der Waals surface area contributed by atoms with E-state index < -0.39 is 5.92 Å². The molecular weight excluding hydrogens is 397 g/mol. The maximum atomic E-state index is 13.5. The van der Waals surface area contributed by atoms with Gasteiger partial charge in [-0.3, -0.25) is 4.79 Å². The predicted octanol–water partition coefficient (Wildman–Crippen LogP) is 4.26. The van der Waals surface area contributed by atoms with E-state index in [0.717, 1.165) is 16.6 Å². The molecule has 0 saturated heterocycles. The molecule has 2 aromatic carbocycles. The van der Waals surface area contributed by atoms with Crippen molar-refractivity contribution in [3.8, 4) is 0 Å². The number of nitrogens with zero attached hydrogens (tertiary/aromatic N) is 1. The molecule has 7 heteroatoms. The Bertz CT molecular complexity index is 1020. The third-order valence-corrected chi connectivity index (χ3v) is 5.11. The molecule has 0 radical (unpaired) electrons. The second-order valence-electron chi connectivity index (χ2n) is 7.37. The van der Waals surface area contributed by atoms with Crippen LogP contribution in [0.5, 0.6) is 0 Å². The first-order valence-electron chi connectivity index (χ1n) is 10.5. The molecule has 0 aliphatic rings. The second-order valence-corrected chi connectivity index (χ2v) is 7.37. The van der Waals surface area contributed by atoms with E-state index in [4.69, 9.17) is 4.74 Å². The normalized spacial score (nSPS) is 11.8. The van der Waals surface area contributed by atoms with Crippen LogP contribution in [0.4, 0.5) is 9.18 Å². The minimum atomic E-state index is -0.558. The molecule has 2 N–H and O–H groups in total. The van der Waals surface area contributed by atoms with E-state index in [2.05, 4.69) is 10.3 Å². The molecule has 6 nitrogen and oxygen atoms in total. The average molecular weight is 426 g/mol. The van der Waals surface area contributed by atoms with E-state index in [0.29, 0.717) is 25.0 Å². The first-order chi connectivity index (χ1) is 15.0. The highest BCUT2D eigenvalue weighted by Crippen LogP contribution is 2.19. The van der Waals surface area contributed by atoms with Gasteiger partial charge in [0, 0.05) is 37.3 Å². The lowest BCUT2D eigenvalue weighted by Crippen LogP contribution is -2.43. The molecule has 31 heavy (non-hydrogen) atoms. The first-order valence-corrected chi connectivity index (χ1v) is 10.5. The number of halogens is 1. The van der Waals surface area contributed by atoms with Gasteiger partial charge in [-0.2, -0.15) is 0 Å². The Morgan fingerprint density at radius 3 is 2.61 bits per heavy atom. The van der Waals surface area contributed by atoms with E-state index in [-0.39, 0.29) is 31.0 Å². The highest BCUT2D eigenvalue weighted by molar-refractivity contribution is 5.81. The quantitative estimate of drug-likeness (QED) is 0.503. The van der Waals surface area contributed by atoms with Gasteiger partial charge in [-0.1, -0.05) is 30.3 Å². The molecule has 3 aromatic rings. The van der Waals surface area contributed by atoms with Crippen molar-refractivity contribution in [3.05, 3.63) is 71.7 Å². The van der Waals surface area contributed by atoms with Crippen molar-refractivity contribution >= 4 is 22.9 Å². The number of fused-ring (bicyclic) bond motifs is 1. The summed E-state index contributed by atoms with van der Waals surface area (Å²) in [5.41, 5.74) is 2.48. The number of carbonyl (C=O) groups excluding carboxylic acids is 2. The van der Waals surface area contributed by atoms with Crippen molar-refractivity contribution in [2.75, 3.05) is 19.7 Å². The molecule has 3 rings (SSSR count). The lowest BCUT2D eigenvalue weighted by atomic mass is 10.0. The van der Waals surface area contributed by atoms with Gasteiger partial charge in [0.1, 0.15) is 5.82 Å². The number of hydrogen-bond acceptors (Lipinski definition) is 3. The second kappa shape index (κ2) is 10.6. The summed E-state index contributed by atoms with van der Waals surface area (Å²) in [4.78, 5) is 30.0. The Balaban J connectivity index is 1.66. The number of aromatic amines is 1. The molecule has 0 spiro atoms. The number of ether oxygens (including phenoxy) is 1. The molecule has 0 bridgehead atoms. The van der Waals surface area contributed by atoms with Crippen LogP contribution in [0.1, 0.15) is 25.1 Å². The number of aromatic nitrogens is 1. The van der Waals surface area contributed by atoms with Crippen molar-refractivity contribution in [1.82, 2.24) is 15.2 Å². The highest BCUT2D eigenvalue weighted by Gasteiger charge is 2.23. The van der Waals surface area contributed by atoms with Gasteiger partial charge in [0.2, 0.25) is 0 Å². The number of esters is 1. The summed E-state index contributed by atoms with van der Waals surface area (Å²) in [7, 11) is 0. The average Bonchev–Trinajstić information content (AvgIpc) is 3.17. The molecule has 1 heterocycles. The van der Waals surface area contributed by atoms with Crippen molar-refractivity contribution in [2.24, 2.45) is 5.92 Å². The van der Waals surface area contributed by atoms with Crippen molar-refractivity contribution in [1.29, 1.82) is 0 Å². The number of H-pyrrole nitrogens is 1. The molecular formula is C24H28FN3O3. The Kier molecular flexibility index (Phi) is 7.65. The molecule has 164 valence electrons. The number of nitrogens with one attached hydrogen (secondary N) is 2. The van der Waals surface area contributed by atoms with Gasteiger partial charge >= 0.3 is 12.0 Å². The zero-order chi connectivity index (χ0) is 22.2. The van der Waals surface area contributed by atoms with Gasteiger partial charge in [-0.15, -0.1) is 0 Å². The largest absolute Gasteiger partial charge is 0.466 e. The fourth-order valence-electron chi connectivity index (χ4n) is 3.49. The summed E-state index contributed by atoms with van der Waals surface area (Å²) in [6.07, 6.45) is 0.347. The number of rotatable bonds is 9. The highest BCUT2D eigenvalue weighted by atomic mass is 19.1. The van der Waals surface area contributed by atoms with Crippen LogP contribution >= 0.6 is 0 Å². The van der Waals surface area contributed by atoms with Gasteiger partial charge in [-0.25, -0.2) is 9.18 Å². The van der Waals surface area contributed by atoms with E-state index in [9.17, 15) is 14.0 Å². The van der Waals surface area contributed by atoms with Gasteiger partial charge in [-0.05, 0) is 49.1 Å². The monoisotopic (exact) mass is 425 g/mol.